The first kappa shape index (κ1) is 16.3. The van der Waals surface area contributed by atoms with Gasteiger partial charge in [-0.2, -0.15) is 5.10 Å². The summed E-state index contributed by atoms with van der Waals surface area (Å²) in [6.45, 7) is 0. The molecule has 24 heavy (non-hydrogen) atoms. The van der Waals surface area contributed by atoms with Gasteiger partial charge < -0.3 is 9.53 Å². The molecule has 2 aromatic carbocycles. The highest BCUT2D eigenvalue weighted by Crippen LogP contribution is 2.26. The Hall–Kier alpha value is -2.59. The minimum Gasteiger partial charge on any atom is -0.497 e. The average molecular weight is 341 g/mol. The summed E-state index contributed by atoms with van der Waals surface area (Å²) in [6.07, 6.45) is 1.99. The number of aromatic nitrogens is 2. The molecule has 122 valence electrons. The number of rotatable bonds is 6. The van der Waals surface area contributed by atoms with Crippen LogP contribution in [0.2, 0.25) is 5.02 Å². The lowest BCUT2D eigenvalue weighted by molar-refractivity contribution is -0.107. The second kappa shape index (κ2) is 7.32. The SMILES string of the molecule is COc1ccc(-n2nc(CCC=O)cc2-c2ccc(Cl)cc2)cc1. The minimum atomic E-state index is 0.458. The van der Waals surface area contributed by atoms with E-state index in [9.17, 15) is 4.79 Å². The Labute approximate surface area is 145 Å². The smallest absolute Gasteiger partial charge is 0.120 e. The Morgan fingerprint density at radius 2 is 1.83 bits per heavy atom. The van der Waals surface area contributed by atoms with Crippen LogP contribution in [0.4, 0.5) is 0 Å². The maximum absolute atomic E-state index is 10.7. The summed E-state index contributed by atoms with van der Waals surface area (Å²) in [5.41, 5.74) is 3.78. The van der Waals surface area contributed by atoms with Crippen LogP contribution in [-0.2, 0) is 11.2 Å². The number of carbonyl (C=O) groups excluding carboxylic acids is 1. The van der Waals surface area contributed by atoms with Crippen LogP contribution in [0.15, 0.2) is 54.6 Å². The van der Waals surface area contributed by atoms with Crippen molar-refractivity contribution in [3.63, 3.8) is 0 Å². The van der Waals surface area contributed by atoms with Crippen LogP contribution >= 0.6 is 11.6 Å². The average Bonchev–Trinajstić information content (AvgIpc) is 3.05. The molecule has 0 atom stereocenters. The predicted molar refractivity (Wildman–Crippen MR) is 94.9 cm³/mol. The van der Waals surface area contributed by atoms with Crippen molar-refractivity contribution in [2.75, 3.05) is 7.11 Å². The first-order chi connectivity index (χ1) is 11.7. The molecule has 1 heterocycles. The number of halogens is 1. The zero-order valence-electron chi connectivity index (χ0n) is 13.3. The molecule has 0 spiro atoms. The van der Waals surface area contributed by atoms with Crippen molar-refractivity contribution in [2.24, 2.45) is 0 Å². The number of aldehydes is 1. The molecule has 1 aromatic heterocycles. The van der Waals surface area contributed by atoms with Crippen molar-refractivity contribution in [3.8, 4) is 22.7 Å². The molecule has 3 rings (SSSR count). The summed E-state index contributed by atoms with van der Waals surface area (Å²) >= 11 is 5.99. The quantitative estimate of drug-likeness (QED) is 0.627. The van der Waals surface area contributed by atoms with Gasteiger partial charge >= 0.3 is 0 Å². The molecule has 4 nitrogen and oxygen atoms in total. The monoisotopic (exact) mass is 340 g/mol. The van der Waals surface area contributed by atoms with Gasteiger partial charge in [0.15, 0.2) is 0 Å². The van der Waals surface area contributed by atoms with Gasteiger partial charge in [0.05, 0.1) is 24.2 Å². The molecule has 0 amide bonds. The third-order valence-electron chi connectivity index (χ3n) is 3.74. The summed E-state index contributed by atoms with van der Waals surface area (Å²) in [5, 5.41) is 5.35. The fourth-order valence-electron chi connectivity index (χ4n) is 2.51. The van der Waals surface area contributed by atoms with Crippen LogP contribution in [-0.4, -0.2) is 23.2 Å². The molecule has 0 radical (unpaired) electrons. The fraction of sp³-hybridized carbons (Fsp3) is 0.158. The Kier molecular flexibility index (Phi) is 4.96. The van der Waals surface area contributed by atoms with Crippen LogP contribution < -0.4 is 4.74 Å². The zero-order chi connectivity index (χ0) is 16.9. The summed E-state index contributed by atoms with van der Waals surface area (Å²) in [5.74, 6) is 0.792. The summed E-state index contributed by atoms with van der Waals surface area (Å²) in [4.78, 5) is 10.7. The lowest BCUT2D eigenvalue weighted by atomic mass is 10.1. The molecule has 5 heteroatoms. The zero-order valence-corrected chi connectivity index (χ0v) is 14.0. The van der Waals surface area contributed by atoms with Crippen molar-refractivity contribution in [1.29, 1.82) is 0 Å². The van der Waals surface area contributed by atoms with Gasteiger partial charge in [-0.25, -0.2) is 4.68 Å². The van der Waals surface area contributed by atoms with E-state index in [-0.39, 0.29) is 0 Å². The number of hydrogen-bond donors (Lipinski definition) is 0. The summed E-state index contributed by atoms with van der Waals surface area (Å²) in [6, 6.07) is 17.3. The first-order valence-corrected chi connectivity index (χ1v) is 8.02. The third kappa shape index (κ3) is 3.49. The molecule has 0 fully saturated rings. The summed E-state index contributed by atoms with van der Waals surface area (Å²) in [7, 11) is 1.64. The number of nitrogens with zero attached hydrogens (tertiary/aromatic N) is 2. The summed E-state index contributed by atoms with van der Waals surface area (Å²) < 4.78 is 7.09. The van der Waals surface area contributed by atoms with Gasteiger partial charge in [0.2, 0.25) is 0 Å². The van der Waals surface area contributed by atoms with Gasteiger partial charge in [0, 0.05) is 17.0 Å². The van der Waals surface area contributed by atoms with Gasteiger partial charge in [0.25, 0.3) is 0 Å². The highest BCUT2D eigenvalue weighted by molar-refractivity contribution is 6.30. The van der Waals surface area contributed by atoms with E-state index in [1.54, 1.807) is 7.11 Å². The second-order valence-corrected chi connectivity index (χ2v) is 5.78. The van der Waals surface area contributed by atoms with Crippen molar-refractivity contribution in [3.05, 3.63) is 65.3 Å². The van der Waals surface area contributed by atoms with Gasteiger partial charge in [-0.05, 0) is 48.9 Å². The standard InChI is InChI=1S/C19H17ClN2O2/c1-24-18-10-8-17(9-11-18)22-19(13-16(21-22)3-2-12-23)14-4-6-15(20)7-5-14/h4-13H,2-3H2,1H3. The number of hydrogen-bond acceptors (Lipinski definition) is 3. The molecular formula is C19H17ClN2O2. The van der Waals surface area contributed by atoms with E-state index in [0.717, 1.165) is 34.7 Å². The van der Waals surface area contributed by atoms with Gasteiger partial charge in [-0.15, -0.1) is 0 Å². The van der Waals surface area contributed by atoms with Crippen molar-refractivity contribution < 1.29 is 9.53 Å². The molecule has 0 unspecified atom stereocenters. The molecule has 3 aromatic rings. The Morgan fingerprint density at radius 1 is 1.12 bits per heavy atom. The molecule has 0 aliphatic carbocycles. The van der Waals surface area contributed by atoms with Crippen molar-refractivity contribution >= 4 is 17.9 Å². The molecular weight excluding hydrogens is 324 g/mol. The van der Waals surface area contributed by atoms with E-state index in [1.165, 1.54) is 0 Å². The molecule has 0 aliphatic heterocycles. The topological polar surface area (TPSA) is 44.1 Å². The van der Waals surface area contributed by atoms with Crippen molar-refractivity contribution in [2.45, 2.75) is 12.8 Å². The van der Waals surface area contributed by atoms with E-state index in [1.807, 2.05) is 59.3 Å². The number of ether oxygens (including phenoxy) is 1. The Balaban J connectivity index is 2.05. The number of benzene rings is 2. The van der Waals surface area contributed by atoms with E-state index in [4.69, 9.17) is 16.3 Å². The molecule has 0 bridgehead atoms. The lowest BCUT2D eigenvalue weighted by Gasteiger charge is -2.08. The van der Waals surface area contributed by atoms with Gasteiger partial charge in [0.1, 0.15) is 12.0 Å². The maximum Gasteiger partial charge on any atom is 0.120 e. The van der Waals surface area contributed by atoms with E-state index in [2.05, 4.69) is 5.10 Å². The largest absolute Gasteiger partial charge is 0.497 e. The molecule has 0 aliphatic rings. The lowest BCUT2D eigenvalue weighted by Crippen LogP contribution is -2.00. The molecule has 0 saturated heterocycles. The molecule has 0 N–H and O–H groups in total. The number of carbonyl (C=O) groups is 1. The van der Waals surface area contributed by atoms with Crippen LogP contribution in [0.1, 0.15) is 12.1 Å². The Bertz CT molecular complexity index is 824. The fourth-order valence-corrected chi connectivity index (χ4v) is 2.63. The van der Waals surface area contributed by atoms with E-state index < -0.39 is 0 Å². The first-order valence-electron chi connectivity index (χ1n) is 7.64. The van der Waals surface area contributed by atoms with Crippen molar-refractivity contribution in [1.82, 2.24) is 9.78 Å². The van der Waals surface area contributed by atoms with E-state index >= 15 is 0 Å². The highest BCUT2D eigenvalue weighted by atomic mass is 35.5. The van der Waals surface area contributed by atoms with Crippen LogP contribution in [0, 0.1) is 0 Å². The van der Waals surface area contributed by atoms with Gasteiger partial charge in [-0.3, -0.25) is 0 Å². The number of methoxy groups -OCH3 is 1. The Morgan fingerprint density at radius 3 is 2.46 bits per heavy atom. The van der Waals surface area contributed by atoms with Crippen LogP contribution in [0.25, 0.3) is 16.9 Å². The highest BCUT2D eigenvalue weighted by Gasteiger charge is 2.12. The predicted octanol–water partition coefficient (Wildman–Crippen LogP) is 4.33. The third-order valence-corrected chi connectivity index (χ3v) is 3.99. The maximum atomic E-state index is 10.7. The second-order valence-electron chi connectivity index (χ2n) is 5.34. The van der Waals surface area contributed by atoms with Crippen LogP contribution in [0.5, 0.6) is 5.75 Å². The molecule has 0 saturated carbocycles. The van der Waals surface area contributed by atoms with Crippen LogP contribution in [0.3, 0.4) is 0 Å². The number of aryl methyl sites for hydroxylation is 1. The normalized spacial score (nSPS) is 10.6. The van der Waals surface area contributed by atoms with Gasteiger partial charge in [-0.1, -0.05) is 23.7 Å². The minimum absolute atomic E-state index is 0.458. The van der Waals surface area contributed by atoms with E-state index in [0.29, 0.717) is 17.9 Å².